The summed E-state index contributed by atoms with van der Waals surface area (Å²) in [6.45, 7) is 12.8. The van der Waals surface area contributed by atoms with Gasteiger partial charge in [-0.2, -0.15) is 0 Å². The third kappa shape index (κ3) is 10.5. The largest absolute Gasteiger partial charge is 0.449 e. The molecule has 0 unspecified atom stereocenters. The maximum Gasteiger partial charge on any atom is 0.409 e. The van der Waals surface area contributed by atoms with Gasteiger partial charge in [0.25, 0.3) is 0 Å². The van der Waals surface area contributed by atoms with Gasteiger partial charge >= 0.3 is 6.09 Å². The Morgan fingerprint density at radius 2 is 1.92 bits per heavy atom. The lowest BCUT2D eigenvalue weighted by molar-refractivity contribution is 0.00324. The number of hydrogen-bond donors (Lipinski definition) is 0. The van der Waals surface area contributed by atoms with E-state index in [1.807, 2.05) is 24.8 Å². The monoisotopic (exact) mass is 354 g/mol. The molecular weight excluding hydrogens is 316 g/mol. The first-order chi connectivity index (χ1) is 12.0. The highest BCUT2D eigenvalue weighted by Gasteiger charge is 2.24. The number of piperidine rings is 1. The molecule has 1 fully saturated rings. The summed E-state index contributed by atoms with van der Waals surface area (Å²) < 4.78 is 11.3. The van der Waals surface area contributed by atoms with E-state index in [-0.39, 0.29) is 6.09 Å². The van der Waals surface area contributed by atoms with Gasteiger partial charge in [-0.25, -0.2) is 4.79 Å². The predicted molar refractivity (Wildman–Crippen MR) is 103 cm³/mol. The zero-order chi connectivity index (χ0) is 18.5. The Hall–Kier alpha value is -1.07. The highest BCUT2D eigenvalue weighted by molar-refractivity contribution is 5.67. The minimum Gasteiger partial charge on any atom is -0.449 e. The van der Waals surface area contributed by atoms with E-state index in [4.69, 9.17) is 9.47 Å². The van der Waals surface area contributed by atoms with E-state index >= 15 is 0 Å². The third-order valence-electron chi connectivity index (χ3n) is 4.47. The topological polar surface area (TPSA) is 42.0 Å². The summed E-state index contributed by atoms with van der Waals surface area (Å²) in [6, 6.07) is 0. The lowest BCUT2D eigenvalue weighted by Crippen LogP contribution is -2.41. The van der Waals surface area contributed by atoms with Crippen molar-refractivity contribution in [1.82, 2.24) is 9.80 Å². The molecule has 1 aliphatic rings. The van der Waals surface area contributed by atoms with Crippen LogP contribution in [0.4, 0.5) is 4.79 Å². The lowest BCUT2D eigenvalue weighted by atomic mass is 10.1. The number of nitrogens with zero attached hydrogens (tertiary/aromatic N) is 2. The Morgan fingerprint density at radius 1 is 1.24 bits per heavy atom. The number of amides is 1. The van der Waals surface area contributed by atoms with Gasteiger partial charge < -0.3 is 19.3 Å². The van der Waals surface area contributed by atoms with Crippen LogP contribution < -0.4 is 0 Å². The number of likely N-dealkylation sites (N-methyl/N-ethyl adjacent to an activating group) is 1. The minimum atomic E-state index is -0.173. The molecule has 0 aromatic heterocycles. The van der Waals surface area contributed by atoms with E-state index in [0.717, 1.165) is 52.0 Å². The van der Waals surface area contributed by atoms with Crippen LogP contribution in [0.3, 0.4) is 0 Å². The molecule has 146 valence electrons. The Kier molecular flexibility index (Phi) is 11.6. The van der Waals surface area contributed by atoms with Gasteiger partial charge in [0.05, 0.1) is 12.7 Å². The molecule has 1 aliphatic heterocycles. The van der Waals surface area contributed by atoms with Gasteiger partial charge in [-0.1, -0.05) is 32.8 Å². The number of unbranched alkanes of at least 4 members (excludes halogenated alkanes) is 3. The first-order valence-electron chi connectivity index (χ1n) is 9.85. The van der Waals surface area contributed by atoms with Crippen molar-refractivity contribution in [2.45, 2.75) is 58.5 Å². The van der Waals surface area contributed by atoms with Crippen LogP contribution in [0.5, 0.6) is 0 Å². The third-order valence-corrected chi connectivity index (χ3v) is 4.47. The number of likely N-dealkylation sites (tertiary alicyclic amines) is 1. The molecule has 0 N–H and O–H groups in total. The van der Waals surface area contributed by atoms with E-state index in [9.17, 15) is 4.79 Å². The highest BCUT2D eigenvalue weighted by atomic mass is 16.6. The Bertz CT molecular complexity index is 366. The first kappa shape index (κ1) is 22.0. The molecule has 25 heavy (non-hydrogen) atoms. The van der Waals surface area contributed by atoms with Crippen LogP contribution in [0.15, 0.2) is 12.7 Å². The molecule has 0 radical (unpaired) electrons. The molecule has 0 aliphatic carbocycles. The number of rotatable bonds is 12. The maximum absolute atomic E-state index is 11.9. The second-order valence-electron chi connectivity index (χ2n) is 7.49. The molecule has 0 saturated carbocycles. The second-order valence-corrected chi connectivity index (χ2v) is 7.49. The van der Waals surface area contributed by atoms with Crippen LogP contribution in [-0.4, -0.2) is 68.4 Å². The van der Waals surface area contributed by atoms with Crippen molar-refractivity contribution in [2.75, 3.05) is 46.4 Å². The van der Waals surface area contributed by atoms with Crippen molar-refractivity contribution < 1.29 is 14.3 Å². The fourth-order valence-corrected chi connectivity index (χ4v) is 2.93. The van der Waals surface area contributed by atoms with Gasteiger partial charge in [-0.05, 0) is 45.2 Å². The smallest absolute Gasteiger partial charge is 0.409 e. The van der Waals surface area contributed by atoms with Crippen molar-refractivity contribution in [3.63, 3.8) is 0 Å². The van der Waals surface area contributed by atoms with Crippen LogP contribution in [0, 0.1) is 5.92 Å². The summed E-state index contributed by atoms with van der Waals surface area (Å²) in [4.78, 5) is 16.0. The second kappa shape index (κ2) is 13.2. The average molecular weight is 355 g/mol. The highest BCUT2D eigenvalue weighted by Crippen LogP contribution is 2.15. The molecule has 0 aromatic carbocycles. The molecule has 0 atom stereocenters. The Morgan fingerprint density at radius 3 is 2.56 bits per heavy atom. The van der Waals surface area contributed by atoms with Crippen molar-refractivity contribution >= 4 is 6.09 Å². The molecule has 1 amide bonds. The molecule has 1 rings (SSSR count). The molecular formula is C20H38N2O3. The van der Waals surface area contributed by atoms with E-state index in [0.29, 0.717) is 18.6 Å². The fraction of sp³-hybridized carbons (Fsp3) is 0.850. The van der Waals surface area contributed by atoms with Crippen molar-refractivity contribution in [3.05, 3.63) is 12.7 Å². The molecule has 0 bridgehead atoms. The van der Waals surface area contributed by atoms with Crippen LogP contribution in [0.1, 0.15) is 52.4 Å². The van der Waals surface area contributed by atoms with Crippen molar-refractivity contribution in [2.24, 2.45) is 5.92 Å². The minimum absolute atomic E-state index is 0.173. The van der Waals surface area contributed by atoms with Gasteiger partial charge in [0, 0.05) is 26.2 Å². The molecule has 5 heteroatoms. The number of hydrogen-bond acceptors (Lipinski definition) is 4. The van der Waals surface area contributed by atoms with Gasteiger partial charge in [0.1, 0.15) is 0 Å². The average Bonchev–Trinajstić information content (AvgIpc) is 2.59. The number of carbonyl (C=O) groups is 1. The Labute approximate surface area is 154 Å². The van der Waals surface area contributed by atoms with Gasteiger partial charge in [0.2, 0.25) is 0 Å². The summed E-state index contributed by atoms with van der Waals surface area (Å²) in [6.07, 6.45) is 8.76. The van der Waals surface area contributed by atoms with Gasteiger partial charge in [0.15, 0.2) is 0 Å². The fourth-order valence-electron chi connectivity index (χ4n) is 2.93. The van der Waals surface area contributed by atoms with Crippen molar-refractivity contribution in [1.29, 1.82) is 0 Å². The van der Waals surface area contributed by atoms with Crippen LogP contribution in [-0.2, 0) is 9.47 Å². The van der Waals surface area contributed by atoms with Crippen LogP contribution in [0.25, 0.3) is 0 Å². The van der Waals surface area contributed by atoms with E-state index in [1.54, 1.807) is 0 Å². The summed E-state index contributed by atoms with van der Waals surface area (Å²) in [5, 5.41) is 0. The zero-order valence-electron chi connectivity index (χ0n) is 16.5. The van der Waals surface area contributed by atoms with Gasteiger partial charge in [-0.3, -0.25) is 0 Å². The summed E-state index contributed by atoms with van der Waals surface area (Å²) in [5.74, 6) is 0.382. The molecule has 1 saturated heterocycles. The predicted octanol–water partition coefficient (Wildman–Crippen LogP) is 3.94. The molecule has 0 spiro atoms. The summed E-state index contributed by atoms with van der Waals surface area (Å²) in [5.41, 5.74) is 0. The van der Waals surface area contributed by atoms with Crippen molar-refractivity contribution in [3.8, 4) is 0 Å². The molecule has 0 aromatic rings. The number of ether oxygens (including phenoxy) is 2. The van der Waals surface area contributed by atoms with Crippen LogP contribution >= 0.6 is 0 Å². The molecule has 5 nitrogen and oxygen atoms in total. The van der Waals surface area contributed by atoms with Crippen LogP contribution in [0.2, 0.25) is 0 Å². The van der Waals surface area contributed by atoms with E-state index in [2.05, 4.69) is 18.5 Å². The summed E-state index contributed by atoms with van der Waals surface area (Å²) >= 11 is 0. The lowest BCUT2D eigenvalue weighted by Gasteiger charge is -2.31. The van der Waals surface area contributed by atoms with E-state index < -0.39 is 0 Å². The summed E-state index contributed by atoms with van der Waals surface area (Å²) in [7, 11) is 2.13. The standard InChI is InChI=1S/C20H38N2O3/c1-5-12-21(4)13-8-6-7-9-16-24-19-10-14-22(15-11-19)20(23)25-17-18(2)3/h5,18-19H,1,6-17H2,2-4H3. The quantitative estimate of drug-likeness (QED) is 0.393. The normalized spacial score (nSPS) is 15.8. The van der Waals surface area contributed by atoms with E-state index in [1.165, 1.54) is 19.3 Å². The van der Waals surface area contributed by atoms with Gasteiger partial charge in [-0.15, -0.1) is 6.58 Å². The SMILES string of the molecule is C=CCN(C)CCCCCCOC1CCN(C(=O)OCC(C)C)CC1. The maximum atomic E-state index is 11.9. The zero-order valence-corrected chi connectivity index (χ0v) is 16.5. The number of carbonyl (C=O) groups excluding carboxylic acids is 1. The Balaban J connectivity index is 1.98. The molecule has 1 heterocycles. The first-order valence-corrected chi connectivity index (χ1v) is 9.85.